The van der Waals surface area contributed by atoms with Gasteiger partial charge < -0.3 is 9.13 Å². The molecule has 2 aromatic heterocycles. The smallest absolute Gasteiger partial charge is 0.0796 e. The fourth-order valence-corrected chi connectivity index (χ4v) is 9.66. The summed E-state index contributed by atoms with van der Waals surface area (Å²) in [5.74, 6) is 0. The van der Waals surface area contributed by atoms with E-state index in [0.29, 0.717) is 0 Å². The number of rotatable bonds is 7. The quantitative estimate of drug-likeness (QED) is 0.153. The number of nitrogens with zero attached hydrogens (tertiary/aromatic N) is 3. The van der Waals surface area contributed by atoms with Gasteiger partial charge in [0.05, 0.1) is 33.8 Å². The molecular weight excluding hydrogens is 751 g/mol. The number of hydrogen-bond donors (Lipinski definition) is 0. The van der Waals surface area contributed by atoms with Crippen LogP contribution in [0.2, 0.25) is 0 Å². The summed E-state index contributed by atoms with van der Waals surface area (Å²) in [7, 11) is 0. The summed E-state index contributed by atoms with van der Waals surface area (Å²) < 4.78 is 4.83. The van der Waals surface area contributed by atoms with Crippen LogP contribution < -0.4 is 0 Å². The Kier molecular flexibility index (Phi) is 8.64. The van der Waals surface area contributed by atoms with Crippen molar-refractivity contribution < 1.29 is 0 Å². The predicted molar refractivity (Wildman–Crippen MR) is 261 cm³/mol. The molecule has 0 bridgehead atoms. The zero-order chi connectivity index (χ0) is 41.0. The Bertz CT molecular complexity index is 3520. The number of dihydropyridines is 1. The average Bonchev–Trinajstić information content (AvgIpc) is 3.87. The maximum Gasteiger partial charge on any atom is 0.0796 e. The van der Waals surface area contributed by atoms with E-state index in [1.165, 1.54) is 82.6 Å². The van der Waals surface area contributed by atoms with E-state index < -0.39 is 0 Å². The van der Waals surface area contributed by atoms with E-state index in [2.05, 4.69) is 240 Å². The number of allylic oxidation sites excluding steroid dienone is 1. The molecule has 1 aliphatic rings. The van der Waals surface area contributed by atoms with Crippen molar-refractivity contribution in [3.63, 3.8) is 0 Å². The predicted octanol–water partition coefficient (Wildman–Crippen LogP) is 15.2. The van der Waals surface area contributed by atoms with Gasteiger partial charge in [-0.2, -0.15) is 0 Å². The van der Waals surface area contributed by atoms with Gasteiger partial charge in [-0.05, 0) is 106 Å². The van der Waals surface area contributed by atoms with Crippen molar-refractivity contribution in [2.45, 2.75) is 12.5 Å². The van der Waals surface area contributed by atoms with Crippen LogP contribution in [-0.4, -0.2) is 14.8 Å². The first kappa shape index (κ1) is 35.9. The Morgan fingerprint density at radius 1 is 0.339 bits per heavy atom. The van der Waals surface area contributed by atoms with Gasteiger partial charge in [-0.1, -0.05) is 170 Å². The second-order valence-corrected chi connectivity index (χ2v) is 16.3. The van der Waals surface area contributed by atoms with Gasteiger partial charge in [-0.3, -0.25) is 4.99 Å². The Labute approximate surface area is 360 Å². The lowest BCUT2D eigenvalue weighted by molar-refractivity contribution is 0.748. The third-order valence-electron chi connectivity index (χ3n) is 12.7. The molecule has 1 atom stereocenters. The minimum Gasteiger partial charge on any atom is -0.309 e. The molecule has 12 rings (SSSR count). The van der Waals surface area contributed by atoms with Crippen molar-refractivity contribution in [2.75, 3.05) is 0 Å². The standard InChI is InChI=1S/C59H41N3/c1-4-15-40(16-5-1)42-27-31-48(32-28-42)61-56-25-12-10-23-50(56)52-33-29-45(39-59(52)61)44-30-34-58-53(36-44)51-24-11-13-26-57(51)62(58)49-22-14-21-46(35-49)55-38-47(41-17-6-2-7-18-41)37-54(60-55)43-19-8-3-9-20-43/h1-36,38-39,54H,37H2. The Morgan fingerprint density at radius 3 is 1.61 bits per heavy atom. The molecule has 3 heteroatoms. The van der Waals surface area contributed by atoms with Crippen molar-refractivity contribution in [3.8, 4) is 33.6 Å². The zero-order valence-corrected chi connectivity index (χ0v) is 34.1. The number of fused-ring (bicyclic) bond motifs is 6. The molecule has 0 N–H and O–H groups in total. The minimum absolute atomic E-state index is 0.0439. The molecule has 62 heavy (non-hydrogen) atoms. The molecule has 9 aromatic carbocycles. The van der Waals surface area contributed by atoms with Crippen molar-refractivity contribution >= 4 is 54.9 Å². The molecule has 0 aliphatic carbocycles. The first-order valence-corrected chi connectivity index (χ1v) is 21.5. The van der Waals surface area contributed by atoms with Crippen molar-refractivity contribution in [2.24, 2.45) is 4.99 Å². The fourth-order valence-electron chi connectivity index (χ4n) is 9.66. The van der Waals surface area contributed by atoms with Crippen LogP contribution in [-0.2, 0) is 0 Å². The van der Waals surface area contributed by atoms with Crippen molar-refractivity contribution in [1.29, 1.82) is 0 Å². The fraction of sp³-hybridized carbons (Fsp3) is 0.0339. The molecule has 3 heterocycles. The number of para-hydroxylation sites is 2. The van der Waals surface area contributed by atoms with E-state index in [9.17, 15) is 0 Å². The molecule has 1 aliphatic heterocycles. The highest BCUT2D eigenvalue weighted by Gasteiger charge is 2.22. The second-order valence-electron chi connectivity index (χ2n) is 16.3. The van der Waals surface area contributed by atoms with E-state index in [0.717, 1.165) is 29.1 Å². The zero-order valence-electron chi connectivity index (χ0n) is 34.1. The number of hydrogen-bond acceptors (Lipinski definition) is 1. The van der Waals surface area contributed by atoms with Crippen LogP contribution in [0, 0.1) is 0 Å². The Morgan fingerprint density at radius 2 is 0.871 bits per heavy atom. The summed E-state index contributed by atoms with van der Waals surface area (Å²) in [6.45, 7) is 0. The highest BCUT2D eigenvalue weighted by atomic mass is 15.0. The number of aliphatic imine (C=N–C) groups is 1. The topological polar surface area (TPSA) is 22.2 Å². The van der Waals surface area contributed by atoms with Crippen LogP contribution >= 0.6 is 0 Å². The third-order valence-corrected chi connectivity index (χ3v) is 12.7. The maximum absolute atomic E-state index is 5.40. The molecular formula is C59H41N3. The molecule has 0 fully saturated rings. The lowest BCUT2D eigenvalue weighted by atomic mass is 9.90. The van der Waals surface area contributed by atoms with Gasteiger partial charge in [0.25, 0.3) is 0 Å². The molecule has 0 saturated heterocycles. The maximum atomic E-state index is 5.40. The van der Waals surface area contributed by atoms with E-state index >= 15 is 0 Å². The summed E-state index contributed by atoms with van der Waals surface area (Å²) in [6, 6.07) is 81.4. The summed E-state index contributed by atoms with van der Waals surface area (Å²) in [4.78, 5) is 5.40. The van der Waals surface area contributed by atoms with E-state index in [-0.39, 0.29) is 6.04 Å². The Hall–Kier alpha value is -8.01. The summed E-state index contributed by atoms with van der Waals surface area (Å²) in [5, 5.41) is 4.96. The van der Waals surface area contributed by atoms with E-state index in [1.807, 2.05) is 0 Å². The molecule has 292 valence electrons. The normalized spacial score (nSPS) is 14.1. The molecule has 0 saturated carbocycles. The van der Waals surface area contributed by atoms with Gasteiger partial charge in [-0.25, -0.2) is 0 Å². The van der Waals surface area contributed by atoms with E-state index in [1.54, 1.807) is 0 Å². The first-order valence-electron chi connectivity index (χ1n) is 21.5. The number of benzene rings is 9. The summed E-state index contributed by atoms with van der Waals surface area (Å²) >= 11 is 0. The SMILES string of the molecule is C1=C(c2ccccc2)CC(c2ccccc2)N=C1c1cccc(-n2c3ccccc3c3cc(-c4ccc5c6ccccc6n(-c6ccc(-c7ccccc7)cc6)c5c4)ccc32)c1. The summed E-state index contributed by atoms with van der Waals surface area (Å²) in [5.41, 5.74) is 17.7. The van der Waals surface area contributed by atoms with Gasteiger partial charge >= 0.3 is 0 Å². The van der Waals surface area contributed by atoms with Crippen LogP contribution in [0.15, 0.2) is 236 Å². The van der Waals surface area contributed by atoms with Crippen LogP contribution in [0.3, 0.4) is 0 Å². The molecule has 0 amide bonds. The van der Waals surface area contributed by atoms with Crippen LogP contribution in [0.5, 0.6) is 0 Å². The summed E-state index contributed by atoms with van der Waals surface area (Å²) in [6.07, 6.45) is 3.16. The second kappa shape index (κ2) is 14.9. The highest BCUT2D eigenvalue weighted by Crippen LogP contribution is 2.40. The van der Waals surface area contributed by atoms with Crippen LogP contribution in [0.1, 0.15) is 29.2 Å². The third kappa shape index (κ3) is 6.17. The van der Waals surface area contributed by atoms with Gasteiger partial charge in [0, 0.05) is 38.5 Å². The molecule has 1 unspecified atom stereocenters. The first-order chi connectivity index (χ1) is 30.7. The average molecular weight is 792 g/mol. The molecule has 3 nitrogen and oxygen atoms in total. The lowest BCUT2D eigenvalue weighted by Gasteiger charge is -2.23. The van der Waals surface area contributed by atoms with Gasteiger partial charge in [0.15, 0.2) is 0 Å². The van der Waals surface area contributed by atoms with Gasteiger partial charge in [0.1, 0.15) is 0 Å². The van der Waals surface area contributed by atoms with Crippen LogP contribution in [0.4, 0.5) is 0 Å². The molecule has 0 spiro atoms. The minimum atomic E-state index is 0.0439. The van der Waals surface area contributed by atoms with Crippen molar-refractivity contribution in [1.82, 2.24) is 9.13 Å². The van der Waals surface area contributed by atoms with Crippen molar-refractivity contribution in [3.05, 3.63) is 247 Å². The Balaban J connectivity index is 0.963. The largest absolute Gasteiger partial charge is 0.309 e. The van der Waals surface area contributed by atoms with E-state index in [4.69, 9.17) is 4.99 Å². The van der Waals surface area contributed by atoms with Gasteiger partial charge in [0.2, 0.25) is 0 Å². The highest BCUT2D eigenvalue weighted by molar-refractivity contribution is 6.15. The molecule has 0 radical (unpaired) electrons. The number of aromatic nitrogens is 2. The molecule has 11 aromatic rings. The monoisotopic (exact) mass is 791 g/mol. The van der Waals surface area contributed by atoms with Crippen LogP contribution in [0.25, 0.3) is 82.8 Å². The lowest BCUT2D eigenvalue weighted by Crippen LogP contribution is -2.11. The van der Waals surface area contributed by atoms with Gasteiger partial charge in [-0.15, -0.1) is 0 Å².